The molecule has 5 rings (SSSR count). The van der Waals surface area contributed by atoms with Gasteiger partial charge in [-0.1, -0.05) is 13.0 Å². The fourth-order valence-electron chi connectivity index (χ4n) is 4.84. The molecule has 2 aliphatic rings. The summed E-state index contributed by atoms with van der Waals surface area (Å²) in [6, 6.07) is 7.51. The molecule has 0 amide bonds. The number of nitrogens with one attached hydrogen (secondary N) is 1. The molecule has 1 N–H and O–H groups in total. The molecule has 1 fully saturated rings. The number of alkyl halides is 1. The summed E-state index contributed by atoms with van der Waals surface area (Å²) < 4.78 is 39.7. The molecular weight excluding hydrogens is 464 g/mol. The van der Waals surface area contributed by atoms with Gasteiger partial charge >= 0.3 is 0 Å². The van der Waals surface area contributed by atoms with Crippen LogP contribution in [0.2, 0.25) is 0 Å². The molecule has 1 saturated heterocycles. The highest BCUT2D eigenvalue weighted by Gasteiger charge is 2.49. The second-order valence-electron chi connectivity index (χ2n) is 8.56. The van der Waals surface area contributed by atoms with Gasteiger partial charge in [0.05, 0.1) is 36.1 Å². The van der Waals surface area contributed by atoms with Gasteiger partial charge in [-0.05, 0) is 24.1 Å². The largest absolute Gasteiger partial charge is 0.493 e. The third-order valence-corrected chi connectivity index (χ3v) is 6.91. The summed E-state index contributed by atoms with van der Waals surface area (Å²) in [6.07, 6.45) is 3.27. The maximum Gasteiger partial charge on any atom is 0.213 e. The monoisotopic (exact) mass is 487 g/mol. The van der Waals surface area contributed by atoms with Gasteiger partial charge in [-0.25, -0.2) is 13.8 Å². The van der Waals surface area contributed by atoms with Gasteiger partial charge in [0.25, 0.3) is 0 Å². The molecule has 3 aromatic rings. The Balaban J connectivity index is 1.48. The fraction of sp³-hybridized carbons (Fsp3) is 0.375. The Morgan fingerprint density at radius 2 is 2.09 bits per heavy atom. The minimum atomic E-state index is -0.791. The summed E-state index contributed by atoms with van der Waals surface area (Å²) >= 11 is 5.86. The minimum absolute atomic E-state index is 0.0738. The average Bonchev–Trinajstić information content (AvgIpc) is 3.23. The highest BCUT2D eigenvalue weighted by atomic mass is 35.5. The molecule has 0 spiro atoms. The standard InChI is InChI=1S/C24H24ClF2N5O2/c1-3-24-9-16(34-21-5-4-14(10-25)11-28-21)12-32(24)20-8-19(30-31-23(20)29-13-24)17-6-15(26)7-18(27)22(17)33-2/h4-8,11,16H,3,9-10,12-13H2,1-2H3,(H,29,31)/t16-,24-/m1/s1. The topological polar surface area (TPSA) is 72.4 Å². The second kappa shape index (κ2) is 8.87. The van der Waals surface area contributed by atoms with Crippen LogP contribution in [-0.2, 0) is 5.88 Å². The van der Waals surface area contributed by atoms with Crippen molar-refractivity contribution in [3.05, 3.63) is 53.7 Å². The van der Waals surface area contributed by atoms with E-state index < -0.39 is 11.6 Å². The van der Waals surface area contributed by atoms with Gasteiger partial charge in [0, 0.05) is 37.2 Å². The van der Waals surface area contributed by atoms with E-state index in [1.165, 1.54) is 13.2 Å². The molecule has 2 atom stereocenters. The molecule has 0 radical (unpaired) electrons. The lowest BCUT2D eigenvalue weighted by Gasteiger charge is -2.43. The third-order valence-electron chi connectivity index (χ3n) is 6.60. The lowest BCUT2D eigenvalue weighted by Crippen LogP contribution is -2.52. The van der Waals surface area contributed by atoms with Crippen LogP contribution in [0, 0.1) is 11.6 Å². The fourth-order valence-corrected chi connectivity index (χ4v) is 5.00. The maximum atomic E-state index is 14.3. The number of hydrogen-bond donors (Lipinski definition) is 1. The average molecular weight is 488 g/mol. The molecule has 4 heterocycles. The summed E-state index contributed by atoms with van der Waals surface area (Å²) in [4.78, 5) is 6.63. The normalized spacial score (nSPS) is 21.0. The first-order chi connectivity index (χ1) is 16.5. The number of rotatable bonds is 6. The Labute approximate surface area is 201 Å². The van der Waals surface area contributed by atoms with Crippen LogP contribution in [0.15, 0.2) is 36.5 Å². The van der Waals surface area contributed by atoms with Gasteiger partial charge in [-0.15, -0.1) is 21.8 Å². The zero-order valence-electron chi connectivity index (χ0n) is 18.8. The second-order valence-corrected chi connectivity index (χ2v) is 8.82. The van der Waals surface area contributed by atoms with E-state index >= 15 is 0 Å². The van der Waals surface area contributed by atoms with Gasteiger partial charge in [0.15, 0.2) is 17.4 Å². The summed E-state index contributed by atoms with van der Waals surface area (Å²) in [5.74, 6) is -0.0118. The molecular formula is C24H24ClF2N5O2. The molecule has 2 aromatic heterocycles. The zero-order valence-corrected chi connectivity index (χ0v) is 19.6. The first-order valence-electron chi connectivity index (χ1n) is 11.1. The number of benzene rings is 1. The van der Waals surface area contributed by atoms with Gasteiger partial charge < -0.3 is 19.7 Å². The van der Waals surface area contributed by atoms with Crippen LogP contribution in [0.1, 0.15) is 25.3 Å². The maximum absolute atomic E-state index is 14.3. The minimum Gasteiger partial charge on any atom is -0.493 e. The Hall–Kier alpha value is -3.20. The van der Waals surface area contributed by atoms with E-state index in [2.05, 4.69) is 32.3 Å². The van der Waals surface area contributed by atoms with Gasteiger partial charge in [-0.3, -0.25) is 0 Å². The van der Waals surface area contributed by atoms with Crippen molar-refractivity contribution in [2.24, 2.45) is 0 Å². The van der Waals surface area contributed by atoms with Crippen LogP contribution >= 0.6 is 11.6 Å². The van der Waals surface area contributed by atoms with E-state index in [9.17, 15) is 8.78 Å². The van der Waals surface area contributed by atoms with E-state index in [-0.39, 0.29) is 23.0 Å². The number of halogens is 3. The molecule has 0 aliphatic carbocycles. The first-order valence-corrected chi connectivity index (χ1v) is 11.6. The highest BCUT2D eigenvalue weighted by Crippen LogP contribution is 2.45. The SMILES string of the molecule is CC[C@@]12CNc3nnc(-c4cc(F)cc(F)c4OC)cc3N1C[C@H](Oc1ccc(CCl)cn1)C2. The van der Waals surface area contributed by atoms with Crippen LogP contribution in [-0.4, -0.2) is 47.0 Å². The molecule has 1 aromatic carbocycles. The first kappa shape index (κ1) is 22.6. The molecule has 0 unspecified atom stereocenters. The van der Waals surface area contributed by atoms with E-state index in [0.717, 1.165) is 30.2 Å². The summed E-state index contributed by atoms with van der Waals surface area (Å²) in [5, 5.41) is 11.9. The number of pyridine rings is 1. The number of anilines is 2. The highest BCUT2D eigenvalue weighted by molar-refractivity contribution is 6.17. The van der Waals surface area contributed by atoms with Crippen LogP contribution < -0.4 is 19.7 Å². The number of nitrogens with zero attached hydrogens (tertiary/aromatic N) is 4. The summed E-state index contributed by atoms with van der Waals surface area (Å²) in [5.41, 5.74) is 2.06. The number of ether oxygens (including phenoxy) is 2. The van der Waals surface area contributed by atoms with Crippen LogP contribution in [0.3, 0.4) is 0 Å². The number of hydrogen-bond acceptors (Lipinski definition) is 7. The van der Waals surface area contributed by atoms with E-state index in [4.69, 9.17) is 21.1 Å². The molecule has 178 valence electrons. The van der Waals surface area contributed by atoms with Crippen molar-refractivity contribution in [2.45, 2.75) is 37.3 Å². The van der Waals surface area contributed by atoms with Crippen LogP contribution in [0.4, 0.5) is 20.3 Å². The summed E-state index contributed by atoms with van der Waals surface area (Å²) in [6.45, 7) is 3.43. The quantitative estimate of drug-likeness (QED) is 0.501. The van der Waals surface area contributed by atoms with Crippen LogP contribution in [0.5, 0.6) is 11.6 Å². The molecule has 34 heavy (non-hydrogen) atoms. The van der Waals surface area contributed by atoms with Crippen molar-refractivity contribution >= 4 is 23.1 Å². The lowest BCUT2D eigenvalue weighted by molar-refractivity contribution is 0.202. The predicted molar refractivity (Wildman–Crippen MR) is 126 cm³/mol. The van der Waals surface area contributed by atoms with Crippen molar-refractivity contribution in [3.8, 4) is 22.9 Å². The molecule has 0 bridgehead atoms. The summed E-state index contributed by atoms with van der Waals surface area (Å²) in [7, 11) is 1.34. The zero-order chi connectivity index (χ0) is 23.9. The number of methoxy groups -OCH3 is 1. The number of fused-ring (bicyclic) bond motifs is 3. The van der Waals surface area contributed by atoms with E-state index in [0.29, 0.717) is 36.4 Å². The number of aromatic nitrogens is 3. The van der Waals surface area contributed by atoms with Crippen molar-refractivity contribution in [2.75, 3.05) is 30.4 Å². The van der Waals surface area contributed by atoms with Gasteiger partial charge in [-0.2, -0.15) is 0 Å². The van der Waals surface area contributed by atoms with Crippen molar-refractivity contribution in [3.63, 3.8) is 0 Å². The van der Waals surface area contributed by atoms with Crippen molar-refractivity contribution in [1.82, 2.24) is 15.2 Å². The van der Waals surface area contributed by atoms with E-state index in [1.807, 2.05) is 12.1 Å². The molecule has 2 aliphatic heterocycles. The predicted octanol–water partition coefficient (Wildman–Crippen LogP) is 4.80. The Bertz CT molecular complexity index is 1210. The van der Waals surface area contributed by atoms with E-state index in [1.54, 1.807) is 12.3 Å². The molecule has 7 nitrogen and oxygen atoms in total. The lowest BCUT2D eigenvalue weighted by atomic mass is 9.90. The van der Waals surface area contributed by atoms with Crippen molar-refractivity contribution < 1.29 is 18.3 Å². The third kappa shape index (κ3) is 3.87. The van der Waals surface area contributed by atoms with Crippen molar-refractivity contribution in [1.29, 1.82) is 0 Å². The van der Waals surface area contributed by atoms with Gasteiger partial charge in [0.1, 0.15) is 11.9 Å². The smallest absolute Gasteiger partial charge is 0.213 e. The Morgan fingerprint density at radius 3 is 2.79 bits per heavy atom. The Kier molecular flexibility index (Phi) is 5.89. The molecule has 10 heteroatoms. The molecule has 0 saturated carbocycles. The van der Waals surface area contributed by atoms with Gasteiger partial charge in [0.2, 0.25) is 5.88 Å². The van der Waals surface area contributed by atoms with Crippen LogP contribution in [0.25, 0.3) is 11.3 Å². The Morgan fingerprint density at radius 1 is 1.24 bits per heavy atom.